The average Bonchev–Trinajstić information content (AvgIpc) is 2.55. The molecule has 1 saturated heterocycles. The van der Waals surface area contributed by atoms with Gasteiger partial charge in [0.25, 0.3) is 0 Å². The minimum Gasteiger partial charge on any atom is -0.465 e. The van der Waals surface area contributed by atoms with Crippen molar-refractivity contribution in [1.29, 1.82) is 0 Å². The van der Waals surface area contributed by atoms with E-state index < -0.39 is 11.7 Å². The lowest BCUT2D eigenvalue weighted by Crippen LogP contribution is -2.41. The van der Waals surface area contributed by atoms with Crippen molar-refractivity contribution >= 4 is 12.2 Å². The Morgan fingerprint density at radius 2 is 1.54 bits per heavy atom. The lowest BCUT2D eigenvalue weighted by atomic mass is 9.86. The van der Waals surface area contributed by atoms with Crippen LogP contribution in [-0.2, 0) is 9.47 Å². The molecule has 0 aromatic heterocycles. The van der Waals surface area contributed by atoms with Gasteiger partial charge in [0.1, 0.15) is 5.60 Å². The Morgan fingerprint density at radius 1 is 1.00 bits per heavy atom. The fourth-order valence-corrected chi connectivity index (χ4v) is 3.64. The first-order chi connectivity index (χ1) is 12.2. The molecule has 1 heterocycles. The van der Waals surface area contributed by atoms with Crippen LogP contribution in [0, 0.1) is 11.8 Å². The Bertz CT molecular complexity index is 461. The maximum atomic E-state index is 11.8. The Labute approximate surface area is 156 Å². The Hall–Kier alpha value is -1.50. The number of nitrogens with one attached hydrogen (secondary N) is 1. The first-order valence-corrected chi connectivity index (χ1v) is 9.78. The van der Waals surface area contributed by atoms with Crippen LogP contribution in [0.1, 0.15) is 59.3 Å². The number of carboxylic acid groups (broad SMARTS) is 1. The number of hydrogen-bond acceptors (Lipinski definition) is 4. The van der Waals surface area contributed by atoms with Crippen molar-refractivity contribution in [3.05, 3.63) is 0 Å². The first-order valence-electron chi connectivity index (χ1n) is 9.78. The summed E-state index contributed by atoms with van der Waals surface area (Å²) < 4.78 is 11.2. The van der Waals surface area contributed by atoms with Gasteiger partial charge in [-0.15, -0.1) is 0 Å². The van der Waals surface area contributed by atoms with Crippen LogP contribution in [0.4, 0.5) is 9.59 Å². The molecule has 0 spiro atoms. The molecular weight excluding hydrogens is 336 g/mol. The summed E-state index contributed by atoms with van der Waals surface area (Å²) in [6, 6.07) is 0.196. The highest BCUT2D eigenvalue weighted by Crippen LogP contribution is 2.26. The number of amides is 2. The van der Waals surface area contributed by atoms with E-state index in [4.69, 9.17) is 14.6 Å². The number of alkyl carbamates (subject to hydrolysis) is 1. The third kappa shape index (κ3) is 7.40. The van der Waals surface area contributed by atoms with E-state index in [0.717, 1.165) is 51.7 Å². The predicted octanol–water partition coefficient (Wildman–Crippen LogP) is 3.48. The van der Waals surface area contributed by atoms with E-state index in [2.05, 4.69) is 5.32 Å². The lowest BCUT2D eigenvalue weighted by molar-refractivity contribution is 0.0341. The van der Waals surface area contributed by atoms with Gasteiger partial charge in [-0.05, 0) is 71.1 Å². The van der Waals surface area contributed by atoms with Gasteiger partial charge in [0.2, 0.25) is 0 Å². The average molecular weight is 370 g/mol. The van der Waals surface area contributed by atoms with Gasteiger partial charge in [0, 0.05) is 32.3 Å². The summed E-state index contributed by atoms with van der Waals surface area (Å²) in [5.74, 6) is 1.02. The van der Waals surface area contributed by atoms with Gasteiger partial charge < -0.3 is 24.8 Å². The highest BCUT2D eigenvalue weighted by atomic mass is 16.6. The predicted molar refractivity (Wildman–Crippen MR) is 98.3 cm³/mol. The molecule has 26 heavy (non-hydrogen) atoms. The number of carbonyl (C=O) groups is 2. The van der Waals surface area contributed by atoms with Gasteiger partial charge in [0.15, 0.2) is 0 Å². The van der Waals surface area contributed by atoms with E-state index in [9.17, 15) is 9.59 Å². The summed E-state index contributed by atoms with van der Waals surface area (Å²) in [7, 11) is 0. The topological polar surface area (TPSA) is 88.1 Å². The second kappa shape index (κ2) is 9.44. The fourth-order valence-electron chi connectivity index (χ4n) is 3.64. The summed E-state index contributed by atoms with van der Waals surface area (Å²) in [5, 5.41) is 11.9. The monoisotopic (exact) mass is 370 g/mol. The van der Waals surface area contributed by atoms with Crippen molar-refractivity contribution < 1.29 is 24.2 Å². The molecule has 150 valence electrons. The number of nitrogens with zero attached hydrogens (tertiary/aromatic N) is 1. The minimum atomic E-state index is -0.818. The van der Waals surface area contributed by atoms with Gasteiger partial charge >= 0.3 is 12.2 Å². The molecule has 7 heteroatoms. The fraction of sp³-hybridized carbons (Fsp3) is 0.895. The molecule has 2 N–H and O–H groups in total. The second-order valence-corrected chi connectivity index (χ2v) is 8.61. The minimum absolute atomic E-state index is 0.196. The summed E-state index contributed by atoms with van der Waals surface area (Å²) >= 11 is 0. The quantitative estimate of drug-likeness (QED) is 0.773. The molecule has 7 nitrogen and oxygen atoms in total. The summed E-state index contributed by atoms with van der Waals surface area (Å²) in [6.45, 7) is 8.32. The summed E-state index contributed by atoms with van der Waals surface area (Å²) in [5.41, 5.74) is -0.463. The van der Waals surface area contributed by atoms with Crippen molar-refractivity contribution in [1.82, 2.24) is 10.2 Å². The van der Waals surface area contributed by atoms with Crippen LogP contribution in [0.25, 0.3) is 0 Å². The molecule has 0 aromatic carbocycles. The molecule has 1 aliphatic carbocycles. The summed E-state index contributed by atoms with van der Waals surface area (Å²) in [4.78, 5) is 24.2. The zero-order valence-corrected chi connectivity index (χ0v) is 16.3. The van der Waals surface area contributed by atoms with Crippen LogP contribution in [0.2, 0.25) is 0 Å². The van der Waals surface area contributed by atoms with Crippen LogP contribution in [0.3, 0.4) is 0 Å². The molecule has 2 aliphatic rings. The first kappa shape index (κ1) is 20.8. The van der Waals surface area contributed by atoms with Crippen molar-refractivity contribution in [2.24, 2.45) is 11.8 Å². The van der Waals surface area contributed by atoms with Crippen LogP contribution in [-0.4, -0.2) is 60.1 Å². The number of ether oxygens (including phenoxy) is 2. The van der Waals surface area contributed by atoms with Crippen LogP contribution >= 0.6 is 0 Å². The van der Waals surface area contributed by atoms with Gasteiger partial charge in [-0.2, -0.15) is 0 Å². The zero-order valence-electron chi connectivity index (χ0n) is 16.3. The van der Waals surface area contributed by atoms with Gasteiger partial charge in [-0.1, -0.05) is 0 Å². The third-order valence-corrected chi connectivity index (χ3v) is 5.16. The third-order valence-electron chi connectivity index (χ3n) is 5.16. The number of likely N-dealkylation sites (tertiary alicyclic amines) is 1. The van der Waals surface area contributed by atoms with Gasteiger partial charge in [0.05, 0.1) is 0 Å². The molecule has 1 saturated carbocycles. The molecular formula is C19H34N2O5. The summed E-state index contributed by atoms with van der Waals surface area (Å²) in [6.07, 6.45) is 4.66. The van der Waals surface area contributed by atoms with Crippen molar-refractivity contribution in [2.75, 3.05) is 26.3 Å². The van der Waals surface area contributed by atoms with E-state index in [1.165, 1.54) is 4.90 Å². The highest BCUT2D eigenvalue weighted by molar-refractivity contribution is 5.68. The van der Waals surface area contributed by atoms with E-state index >= 15 is 0 Å². The molecule has 0 radical (unpaired) electrons. The molecule has 0 aromatic rings. The largest absolute Gasteiger partial charge is 0.465 e. The Kier molecular flexibility index (Phi) is 7.55. The van der Waals surface area contributed by atoms with Crippen molar-refractivity contribution in [3.8, 4) is 0 Å². The Morgan fingerprint density at radius 3 is 2.04 bits per heavy atom. The molecule has 2 amide bonds. The van der Waals surface area contributed by atoms with E-state index in [1.54, 1.807) is 0 Å². The number of piperidine rings is 1. The SMILES string of the molecule is CC(C)(C)OC(=O)NC1CCC(COCC2CCN(C(=O)O)CC2)CC1. The van der Waals surface area contributed by atoms with Crippen LogP contribution in [0.5, 0.6) is 0 Å². The Balaban J connectivity index is 1.55. The maximum Gasteiger partial charge on any atom is 0.407 e. The van der Waals surface area contributed by atoms with Gasteiger partial charge in [-0.3, -0.25) is 0 Å². The van der Waals surface area contributed by atoms with Gasteiger partial charge in [-0.25, -0.2) is 9.59 Å². The molecule has 1 aliphatic heterocycles. The smallest absolute Gasteiger partial charge is 0.407 e. The molecule has 0 bridgehead atoms. The molecule has 0 atom stereocenters. The molecule has 0 unspecified atom stereocenters. The van der Waals surface area contributed by atoms with Crippen LogP contribution in [0.15, 0.2) is 0 Å². The molecule has 2 rings (SSSR count). The normalized spacial score (nSPS) is 25.0. The maximum absolute atomic E-state index is 11.8. The number of rotatable bonds is 5. The second-order valence-electron chi connectivity index (χ2n) is 8.61. The van der Waals surface area contributed by atoms with E-state index in [0.29, 0.717) is 24.9 Å². The molecule has 2 fully saturated rings. The van der Waals surface area contributed by atoms with Crippen molar-refractivity contribution in [2.45, 2.75) is 70.9 Å². The number of hydrogen-bond donors (Lipinski definition) is 2. The van der Waals surface area contributed by atoms with E-state index in [-0.39, 0.29) is 12.1 Å². The van der Waals surface area contributed by atoms with Crippen molar-refractivity contribution in [3.63, 3.8) is 0 Å². The van der Waals surface area contributed by atoms with Crippen LogP contribution < -0.4 is 5.32 Å². The number of carbonyl (C=O) groups excluding carboxylic acids is 1. The zero-order chi connectivity index (χ0) is 19.2. The standard InChI is InChI=1S/C19H34N2O5/c1-19(2,3)26-17(22)20-16-6-4-14(5-7-16)12-25-13-15-8-10-21(11-9-15)18(23)24/h14-16H,4-13H2,1-3H3,(H,20,22)(H,23,24). The van der Waals surface area contributed by atoms with E-state index in [1.807, 2.05) is 20.8 Å². The highest BCUT2D eigenvalue weighted by Gasteiger charge is 2.26. The lowest BCUT2D eigenvalue weighted by Gasteiger charge is -2.32.